The van der Waals surface area contributed by atoms with Crippen LogP contribution in [0.25, 0.3) is 0 Å². The van der Waals surface area contributed by atoms with E-state index in [4.69, 9.17) is 16.3 Å². The lowest BCUT2D eigenvalue weighted by Crippen LogP contribution is -2.38. The normalized spacial score (nSPS) is 15.8. The zero-order valence-corrected chi connectivity index (χ0v) is 16.0. The molecule has 1 heterocycles. The fourth-order valence-corrected chi connectivity index (χ4v) is 2.89. The van der Waals surface area contributed by atoms with Crippen molar-refractivity contribution in [2.45, 2.75) is 45.3 Å². The van der Waals surface area contributed by atoms with Gasteiger partial charge in [-0.05, 0) is 38.0 Å². The van der Waals surface area contributed by atoms with Gasteiger partial charge in [0.2, 0.25) is 5.91 Å². The summed E-state index contributed by atoms with van der Waals surface area (Å²) >= 11 is 5.82. The number of alkyl halides is 2. The van der Waals surface area contributed by atoms with E-state index in [0.29, 0.717) is 13.0 Å². The summed E-state index contributed by atoms with van der Waals surface area (Å²) in [5, 5.41) is 2.36. The molecule has 28 heavy (non-hydrogen) atoms. The number of hydrogen-bond acceptors (Lipinski definition) is 5. The minimum absolute atomic E-state index is 0.104. The van der Waals surface area contributed by atoms with E-state index in [2.05, 4.69) is 10.1 Å². The van der Waals surface area contributed by atoms with Crippen molar-refractivity contribution < 1.29 is 32.6 Å². The number of carbonyl (C=O) groups excluding carboxylic acids is 3. The molecular weight excluding hydrogens is 398 g/mol. The molecule has 7 nitrogen and oxygen atoms in total. The van der Waals surface area contributed by atoms with E-state index in [9.17, 15) is 23.2 Å². The van der Waals surface area contributed by atoms with Gasteiger partial charge in [0.15, 0.2) is 6.10 Å². The molecule has 2 amide bonds. The number of nitrogens with one attached hydrogen (secondary N) is 1. The predicted molar refractivity (Wildman–Crippen MR) is 97.3 cm³/mol. The number of esters is 1. The van der Waals surface area contributed by atoms with Gasteiger partial charge in [-0.15, -0.1) is 0 Å². The minimum atomic E-state index is -3.02. The van der Waals surface area contributed by atoms with Crippen molar-refractivity contribution in [3.63, 3.8) is 0 Å². The maximum Gasteiger partial charge on any atom is 0.387 e. The van der Waals surface area contributed by atoms with Crippen LogP contribution in [-0.2, 0) is 19.1 Å². The van der Waals surface area contributed by atoms with Gasteiger partial charge >= 0.3 is 12.6 Å². The quantitative estimate of drug-likeness (QED) is 0.687. The second-order valence-electron chi connectivity index (χ2n) is 6.27. The molecule has 2 rings (SSSR count). The van der Waals surface area contributed by atoms with Crippen LogP contribution in [0.3, 0.4) is 0 Å². The van der Waals surface area contributed by atoms with Gasteiger partial charge in [-0.2, -0.15) is 8.78 Å². The van der Waals surface area contributed by atoms with E-state index in [1.807, 2.05) is 0 Å². The maximum atomic E-state index is 12.2. The van der Waals surface area contributed by atoms with Gasteiger partial charge in [-0.3, -0.25) is 14.4 Å². The number of rotatable bonds is 7. The van der Waals surface area contributed by atoms with E-state index >= 15 is 0 Å². The highest BCUT2D eigenvalue weighted by Gasteiger charge is 2.23. The molecule has 1 saturated heterocycles. The van der Waals surface area contributed by atoms with Crippen LogP contribution < -0.4 is 10.1 Å². The molecule has 0 radical (unpaired) electrons. The summed E-state index contributed by atoms with van der Waals surface area (Å²) in [7, 11) is 0. The Morgan fingerprint density at radius 3 is 2.71 bits per heavy atom. The Morgan fingerprint density at radius 1 is 1.29 bits per heavy atom. The maximum absolute atomic E-state index is 12.2. The van der Waals surface area contributed by atoms with E-state index < -0.39 is 24.6 Å². The Bertz CT molecular complexity index is 732. The number of hydrogen-bond donors (Lipinski definition) is 1. The molecule has 1 fully saturated rings. The van der Waals surface area contributed by atoms with Gasteiger partial charge < -0.3 is 19.7 Å². The number of amides is 2. The van der Waals surface area contributed by atoms with Crippen molar-refractivity contribution in [3.8, 4) is 5.75 Å². The number of ether oxygens (including phenoxy) is 2. The largest absolute Gasteiger partial charge is 0.451 e. The van der Waals surface area contributed by atoms with Crippen molar-refractivity contribution in [2.24, 2.45) is 0 Å². The molecule has 10 heteroatoms. The van der Waals surface area contributed by atoms with Crippen LogP contribution >= 0.6 is 11.6 Å². The van der Waals surface area contributed by atoms with Crippen LogP contribution in [0.2, 0.25) is 5.02 Å². The SMILES string of the molecule is CC(OC(=O)CN1CCCCCC1=O)C(=O)Nc1ccc(OC(F)F)c(Cl)c1. The van der Waals surface area contributed by atoms with Crippen LogP contribution in [0.4, 0.5) is 14.5 Å². The van der Waals surface area contributed by atoms with Crippen LogP contribution in [0.15, 0.2) is 18.2 Å². The molecule has 1 atom stereocenters. The molecule has 1 N–H and O–H groups in total. The van der Waals surface area contributed by atoms with Crippen molar-refractivity contribution >= 4 is 35.1 Å². The number of likely N-dealkylation sites (tertiary alicyclic amines) is 1. The first-order valence-corrected chi connectivity index (χ1v) is 9.16. The summed E-state index contributed by atoms with van der Waals surface area (Å²) in [6.07, 6.45) is 1.83. The number of anilines is 1. The van der Waals surface area contributed by atoms with Crippen molar-refractivity contribution in [2.75, 3.05) is 18.4 Å². The van der Waals surface area contributed by atoms with Gasteiger partial charge in [0.05, 0.1) is 5.02 Å². The van der Waals surface area contributed by atoms with Crippen LogP contribution in [0, 0.1) is 0 Å². The zero-order chi connectivity index (χ0) is 20.7. The lowest BCUT2D eigenvalue weighted by Gasteiger charge is -2.21. The Labute approximate surface area is 165 Å². The summed E-state index contributed by atoms with van der Waals surface area (Å²) < 4.78 is 33.8. The van der Waals surface area contributed by atoms with Crippen molar-refractivity contribution in [1.29, 1.82) is 0 Å². The highest BCUT2D eigenvalue weighted by Crippen LogP contribution is 2.29. The zero-order valence-electron chi connectivity index (χ0n) is 15.3. The molecule has 1 aliphatic heterocycles. The van der Waals surface area contributed by atoms with Gasteiger partial charge in [0, 0.05) is 18.7 Å². The van der Waals surface area contributed by atoms with Crippen LogP contribution in [0.1, 0.15) is 32.6 Å². The Hall–Kier alpha value is -2.42. The third kappa shape index (κ3) is 6.63. The summed E-state index contributed by atoms with van der Waals surface area (Å²) in [5.41, 5.74) is 0.224. The standard InChI is InChI=1S/C18H21ClF2N2O5/c1-11(27-16(25)10-23-8-4-2-3-5-15(23)24)17(26)22-12-6-7-14(13(19)9-12)28-18(20)21/h6-7,9,11,18H,2-5,8,10H2,1H3,(H,22,26). The molecular formula is C18H21ClF2N2O5. The molecule has 1 aliphatic rings. The first-order chi connectivity index (χ1) is 13.3. The number of nitrogens with zero attached hydrogens (tertiary/aromatic N) is 1. The van der Waals surface area contributed by atoms with Gasteiger partial charge in [0.1, 0.15) is 12.3 Å². The summed E-state index contributed by atoms with van der Waals surface area (Å²) in [4.78, 5) is 37.5. The smallest absolute Gasteiger partial charge is 0.387 e. The third-order valence-corrected chi connectivity index (χ3v) is 4.38. The Balaban J connectivity index is 1.87. The van der Waals surface area contributed by atoms with E-state index in [-0.39, 0.29) is 28.9 Å². The third-order valence-electron chi connectivity index (χ3n) is 4.08. The van der Waals surface area contributed by atoms with Gasteiger partial charge in [0.25, 0.3) is 5.91 Å². The number of benzene rings is 1. The lowest BCUT2D eigenvalue weighted by atomic mass is 10.2. The minimum Gasteiger partial charge on any atom is -0.451 e. The molecule has 0 saturated carbocycles. The molecule has 0 aliphatic carbocycles. The molecule has 0 bridgehead atoms. The average molecular weight is 419 g/mol. The fraction of sp³-hybridized carbons (Fsp3) is 0.500. The lowest BCUT2D eigenvalue weighted by molar-refractivity contribution is -0.156. The molecule has 1 unspecified atom stereocenters. The second kappa shape index (κ2) is 10.2. The first-order valence-electron chi connectivity index (χ1n) is 8.78. The van der Waals surface area contributed by atoms with Crippen molar-refractivity contribution in [1.82, 2.24) is 4.90 Å². The summed E-state index contributed by atoms with van der Waals surface area (Å²) in [6.45, 7) is -1.36. The number of halogens is 3. The Kier molecular flexibility index (Phi) is 7.98. The molecule has 0 spiro atoms. The number of carbonyl (C=O) groups is 3. The highest BCUT2D eigenvalue weighted by atomic mass is 35.5. The van der Waals surface area contributed by atoms with Crippen LogP contribution in [-0.4, -0.2) is 48.5 Å². The Morgan fingerprint density at radius 2 is 2.04 bits per heavy atom. The summed E-state index contributed by atoms with van der Waals surface area (Å²) in [6, 6.07) is 3.75. The molecule has 1 aromatic carbocycles. The monoisotopic (exact) mass is 418 g/mol. The van der Waals surface area contributed by atoms with Gasteiger partial charge in [-0.1, -0.05) is 18.0 Å². The van der Waals surface area contributed by atoms with Crippen molar-refractivity contribution in [3.05, 3.63) is 23.2 Å². The van der Waals surface area contributed by atoms with E-state index in [0.717, 1.165) is 19.3 Å². The predicted octanol–water partition coefficient (Wildman–Crippen LogP) is 3.21. The fourth-order valence-electron chi connectivity index (χ4n) is 2.66. The van der Waals surface area contributed by atoms with E-state index in [1.165, 1.54) is 30.0 Å². The summed E-state index contributed by atoms with van der Waals surface area (Å²) in [5.74, 6) is -1.64. The second-order valence-corrected chi connectivity index (χ2v) is 6.68. The van der Waals surface area contributed by atoms with Crippen LogP contribution in [0.5, 0.6) is 5.75 Å². The topological polar surface area (TPSA) is 84.9 Å². The molecule has 154 valence electrons. The van der Waals surface area contributed by atoms with E-state index in [1.54, 1.807) is 0 Å². The molecule has 0 aromatic heterocycles. The average Bonchev–Trinajstić information content (AvgIpc) is 2.81. The molecule has 1 aromatic rings. The van der Waals surface area contributed by atoms with Gasteiger partial charge in [-0.25, -0.2) is 0 Å². The highest BCUT2D eigenvalue weighted by molar-refractivity contribution is 6.32. The first kappa shape index (κ1) is 21.9.